The van der Waals surface area contributed by atoms with Gasteiger partial charge < -0.3 is 4.98 Å². The SMILES string of the molecule is C=Cc1ccccc1C=C.c1cc[nH]c1. The van der Waals surface area contributed by atoms with Gasteiger partial charge in [0.2, 0.25) is 0 Å². The summed E-state index contributed by atoms with van der Waals surface area (Å²) in [6.45, 7) is 7.38. The maximum atomic E-state index is 3.69. The average molecular weight is 197 g/mol. The zero-order chi connectivity index (χ0) is 10.9. The van der Waals surface area contributed by atoms with Gasteiger partial charge in [-0.15, -0.1) is 0 Å². The third-order valence-corrected chi connectivity index (χ3v) is 1.93. The fraction of sp³-hybridized carbons (Fsp3) is 0. The van der Waals surface area contributed by atoms with Crippen LogP contribution in [0.4, 0.5) is 0 Å². The molecule has 0 aliphatic rings. The Morgan fingerprint density at radius 3 is 1.53 bits per heavy atom. The van der Waals surface area contributed by atoms with Gasteiger partial charge >= 0.3 is 0 Å². The van der Waals surface area contributed by atoms with Gasteiger partial charge in [-0.1, -0.05) is 49.6 Å². The summed E-state index contributed by atoms with van der Waals surface area (Å²) in [6.07, 6.45) is 7.41. The molecule has 0 saturated carbocycles. The van der Waals surface area contributed by atoms with Crippen molar-refractivity contribution in [1.29, 1.82) is 0 Å². The van der Waals surface area contributed by atoms with Crippen LogP contribution in [0.2, 0.25) is 0 Å². The Balaban J connectivity index is 0.000000187. The topological polar surface area (TPSA) is 15.8 Å². The Labute approximate surface area is 90.8 Å². The Morgan fingerprint density at radius 1 is 0.800 bits per heavy atom. The normalized spacial score (nSPS) is 8.53. The van der Waals surface area contributed by atoms with Crippen molar-refractivity contribution in [2.24, 2.45) is 0 Å². The van der Waals surface area contributed by atoms with E-state index in [4.69, 9.17) is 0 Å². The smallest absolute Gasteiger partial charge is 0.000496 e. The molecule has 15 heavy (non-hydrogen) atoms. The van der Waals surface area contributed by atoms with Crippen LogP contribution < -0.4 is 0 Å². The van der Waals surface area contributed by atoms with E-state index in [0.717, 1.165) is 11.1 Å². The highest BCUT2D eigenvalue weighted by Crippen LogP contribution is 2.10. The van der Waals surface area contributed by atoms with Crippen LogP contribution in [0.1, 0.15) is 11.1 Å². The predicted molar refractivity (Wildman–Crippen MR) is 67.4 cm³/mol. The summed E-state index contributed by atoms with van der Waals surface area (Å²) in [6, 6.07) is 11.9. The second kappa shape index (κ2) is 6.44. The molecule has 0 atom stereocenters. The van der Waals surface area contributed by atoms with Gasteiger partial charge in [-0.25, -0.2) is 0 Å². The summed E-state index contributed by atoms with van der Waals surface area (Å²) in [4.78, 5) is 2.86. The molecule has 1 heteroatoms. The number of H-pyrrole nitrogens is 1. The molecule has 0 saturated heterocycles. The lowest BCUT2D eigenvalue weighted by atomic mass is 10.1. The van der Waals surface area contributed by atoms with Crippen LogP contribution in [0, 0.1) is 0 Å². The molecule has 1 nitrogen and oxygen atoms in total. The van der Waals surface area contributed by atoms with Gasteiger partial charge in [0.05, 0.1) is 0 Å². The lowest BCUT2D eigenvalue weighted by Crippen LogP contribution is -1.76. The van der Waals surface area contributed by atoms with E-state index in [1.54, 1.807) is 0 Å². The summed E-state index contributed by atoms with van der Waals surface area (Å²) >= 11 is 0. The minimum absolute atomic E-state index is 1.14. The van der Waals surface area contributed by atoms with Gasteiger partial charge in [-0.05, 0) is 23.3 Å². The summed E-state index contributed by atoms with van der Waals surface area (Å²) < 4.78 is 0. The molecule has 0 bridgehead atoms. The maximum Gasteiger partial charge on any atom is 0.000496 e. The lowest BCUT2D eigenvalue weighted by Gasteiger charge is -1.96. The Hall–Kier alpha value is -2.02. The number of nitrogens with one attached hydrogen (secondary N) is 1. The number of hydrogen-bond donors (Lipinski definition) is 1. The van der Waals surface area contributed by atoms with E-state index in [1.807, 2.05) is 60.9 Å². The number of aromatic amines is 1. The zero-order valence-electron chi connectivity index (χ0n) is 8.69. The molecule has 0 aliphatic heterocycles. The lowest BCUT2D eigenvalue weighted by molar-refractivity contribution is 1.42. The van der Waals surface area contributed by atoms with Crippen molar-refractivity contribution >= 4 is 12.2 Å². The third-order valence-electron chi connectivity index (χ3n) is 1.93. The van der Waals surface area contributed by atoms with Crippen LogP contribution in [0.15, 0.2) is 61.9 Å². The van der Waals surface area contributed by atoms with E-state index in [2.05, 4.69) is 18.1 Å². The first kappa shape index (κ1) is 11.1. The van der Waals surface area contributed by atoms with E-state index in [-0.39, 0.29) is 0 Å². The number of rotatable bonds is 2. The van der Waals surface area contributed by atoms with Crippen molar-refractivity contribution in [3.8, 4) is 0 Å². The quantitative estimate of drug-likeness (QED) is 0.749. The molecule has 0 radical (unpaired) electrons. The van der Waals surface area contributed by atoms with E-state index >= 15 is 0 Å². The van der Waals surface area contributed by atoms with Crippen molar-refractivity contribution < 1.29 is 0 Å². The Bertz CT molecular complexity index is 355. The summed E-state index contributed by atoms with van der Waals surface area (Å²) in [5, 5.41) is 0. The van der Waals surface area contributed by atoms with E-state index in [9.17, 15) is 0 Å². The van der Waals surface area contributed by atoms with Crippen molar-refractivity contribution in [1.82, 2.24) is 4.98 Å². The highest BCUT2D eigenvalue weighted by Gasteiger charge is 1.89. The molecule has 1 aromatic heterocycles. The molecule has 2 aromatic rings. The molecular formula is C14H15N. The van der Waals surface area contributed by atoms with Crippen LogP contribution in [0.5, 0.6) is 0 Å². The molecule has 1 N–H and O–H groups in total. The van der Waals surface area contributed by atoms with Gasteiger partial charge in [-0.3, -0.25) is 0 Å². The van der Waals surface area contributed by atoms with Crippen molar-refractivity contribution in [2.75, 3.05) is 0 Å². The van der Waals surface area contributed by atoms with E-state index in [0.29, 0.717) is 0 Å². The second-order valence-electron chi connectivity index (χ2n) is 2.92. The van der Waals surface area contributed by atoms with Crippen molar-refractivity contribution in [3.05, 3.63) is 73.1 Å². The van der Waals surface area contributed by atoms with Crippen LogP contribution >= 0.6 is 0 Å². The number of benzene rings is 1. The van der Waals surface area contributed by atoms with Crippen LogP contribution in [-0.4, -0.2) is 4.98 Å². The van der Waals surface area contributed by atoms with Crippen LogP contribution in [0.25, 0.3) is 12.2 Å². The molecule has 0 spiro atoms. The van der Waals surface area contributed by atoms with Gasteiger partial charge in [0.15, 0.2) is 0 Å². The minimum atomic E-state index is 1.14. The minimum Gasteiger partial charge on any atom is -0.368 e. The fourth-order valence-corrected chi connectivity index (χ4v) is 1.16. The van der Waals surface area contributed by atoms with Gasteiger partial charge in [0.25, 0.3) is 0 Å². The van der Waals surface area contributed by atoms with Gasteiger partial charge in [0.1, 0.15) is 0 Å². The predicted octanol–water partition coefficient (Wildman–Crippen LogP) is 3.99. The number of hydrogen-bond acceptors (Lipinski definition) is 0. The molecule has 1 aromatic carbocycles. The van der Waals surface area contributed by atoms with Crippen LogP contribution in [0.3, 0.4) is 0 Å². The van der Waals surface area contributed by atoms with Crippen molar-refractivity contribution in [3.63, 3.8) is 0 Å². The molecule has 0 amide bonds. The average Bonchev–Trinajstić information content (AvgIpc) is 2.87. The summed E-state index contributed by atoms with van der Waals surface area (Å²) in [7, 11) is 0. The molecule has 2 rings (SSSR count). The molecule has 0 fully saturated rings. The standard InChI is InChI=1S/C10H10.C4H5N/c1-3-9-7-5-6-8-10(9)4-2;1-2-4-5-3-1/h3-8H,1-2H2;1-5H. The first-order valence-corrected chi connectivity index (χ1v) is 4.80. The highest BCUT2D eigenvalue weighted by atomic mass is 14.6. The monoisotopic (exact) mass is 197 g/mol. The fourth-order valence-electron chi connectivity index (χ4n) is 1.16. The number of aromatic nitrogens is 1. The van der Waals surface area contributed by atoms with E-state index < -0.39 is 0 Å². The second-order valence-corrected chi connectivity index (χ2v) is 2.92. The summed E-state index contributed by atoms with van der Waals surface area (Å²) in [5.74, 6) is 0. The largest absolute Gasteiger partial charge is 0.368 e. The van der Waals surface area contributed by atoms with Gasteiger partial charge in [-0.2, -0.15) is 0 Å². The highest BCUT2D eigenvalue weighted by molar-refractivity contribution is 5.63. The molecule has 76 valence electrons. The molecule has 0 unspecified atom stereocenters. The molecule has 0 aliphatic carbocycles. The van der Waals surface area contributed by atoms with E-state index in [1.165, 1.54) is 0 Å². The summed E-state index contributed by atoms with van der Waals surface area (Å²) in [5.41, 5.74) is 2.27. The first-order valence-electron chi connectivity index (χ1n) is 4.80. The molecule has 1 heterocycles. The first-order chi connectivity index (χ1) is 7.38. The molecular weight excluding hydrogens is 182 g/mol. The van der Waals surface area contributed by atoms with Crippen LogP contribution in [-0.2, 0) is 0 Å². The third kappa shape index (κ3) is 3.69. The Morgan fingerprint density at radius 2 is 1.27 bits per heavy atom. The van der Waals surface area contributed by atoms with Gasteiger partial charge in [0, 0.05) is 12.4 Å². The zero-order valence-corrected chi connectivity index (χ0v) is 8.69. The van der Waals surface area contributed by atoms with Crippen molar-refractivity contribution in [2.45, 2.75) is 0 Å². The maximum absolute atomic E-state index is 3.69. The Kier molecular flexibility index (Phi) is 4.74.